The molecule has 0 aromatic heterocycles. The Bertz CT molecular complexity index is 413. The first-order valence-corrected chi connectivity index (χ1v) is 8.08. The summed E-state index contributed by atoms with van der Waals surface area (Å²) >= 11 is 12.3. The molecule has 0 radical (unpaired) electrons. The first kappa shape index (κ1) is 15.2. The van der Waals surface area contributed by atoms with Crippen LogP contribution in [-0.2, 0) is 0 Å². The Hall–Kier alpha value is -0.240. The molecule has 0 spiro atoms. The Balaban J connectivity index is 2.06. The highest BCUT2D eigenvalue weighted by atomic mass is 35.5. The van der Waals surface area contributed by atoms with Gasteiger partial charge in [0.15, 0.2) is 0 Å². The van der Waals surface area contributed by atoms with Crippen molar-refractivity contribution in [3.8, 4) is 0 Å². The van der Waals surface area contributed by atoms with Gasteiger partial charge in [0.2, 0.25) is 0 Å². The lowest BCUT2D eigenvalue weighted by Crippen LogP contribution is -2.35. The lowest BCUT2D eigenvalue weighted by Gasteiger charge is -2.27. The van der Waals surface area contributed by atoms with E-state index in [4.69, 9.17) is 23.2 Å². The summed E-state index contributed by atoms with van der Waals surface area (Å²) < 4.78 is 0. The highest BCUT2D eigenvalue weighted by Crippen LogP contribution is 2.32. The topological polar surface area (TPSA) is 12.0 Å². The normalized spacial score (nSPS) is 19.6. The second-order valence-corrected chi connectivity index (χ2v) is 6.47. The summed E-state index contributed by atoms with van der Waals surface area (Å²) in [5, 5.41) is 5.23. The lowest BCUT2D eigenvalue weighted by atomic mass is 9.96. The van der Waals surface area contributed by atoms with Crippen molar-refractivity contribution in [1.29, 1.82) is 0 Å². The molecule has 106 valence electrons. The molecule has 2 atom stereocenters. The van der Waals surface area contributed by atoms with E-state index in [-0.39, 0.29) is 0 Å². The molecule has 1 aliphatic carbocycles. The van der Waals surface area contributed by atoms with Gasteiger partial charge in [-0.15, -0.1) is 0 Å². The molecule has 1 aliphatic rings. The zero-order chi connectivity index (χ0) is 13.8. The third kappa shape index (κ3) is 3.87. The maximum absolute atomic E-state index is 6.32. The zero-order valence-electron chi connectivity index (χ0n) is 11.8. The van der Waals surface area contributed by atoms with E-state index in [1.807, 2.05) is 18.2 Å². The van der Waals surface area contributed by atoms with Gasteiger partial charge in [0.05, 0.1) is 0 Å². The van der Waals surface area contributed by atoms with Crippen molar-refractivity contribution in [3.63, 3.8) is 0 Å². The predicted molar refractivity (Wildman–Crippen MR) is 84.0 cm³/mol. The van der Waals surface area contributed by atoms with Gasteiger partial charge in [-0.05, 0) is 49.8 Å². The molecule has 0 amide bonds. The van der Waals surface area contributed by atoms with Gasteiger partial charge >= 0.3 is 0 Å². The highest BCUT2D eigenvalue weighted by Gasteiger charge is 2.24. The molecule has 1 N–H and O–H groups in total. The molecule has 1 aromatic rings. The van der Waals surface area contributed by atoms with E-state index in [9.17, 15) is 0 Å². The quantitative estimate of drug-likeness (QED) is 0.745. The van der Waals surface area contributed by atoms with Crippen LogP contribution in [0.1, 0.15) is 57.6 Å². The third-order valence-corrected chi connectivity index (χ3v) is 4.88. The minimum absolute atomic E-state index is 0.320. The van der Waals surface area contributed by atoms with Crippen LogP contribution in [0.5, 0.6) is 0 Å². The average Bonchev–Trinajstić information content (AvgIpc) is 2.90. The Morgan fingerprint density at radius 2 is 1.95 bits per heavy atom. The number of hydrogen-bond donors (Lipinski definition) is 1. The van der Waals surface area contributed by atoms with Crippen molar-refractivity contribution < 1.29 is 0 Å². The molecule has 0 bridgehead atoms. The minimum Gasteiger partial charge on any atom is -0.307 e. The molecule has 0 saturated heterocycles. The molecule has 1 aromatic carbocycles. The molecule has 0 aliphatic heterocycles. The summed E-state index contributed by atoms with van der Waals surface area (Å²) in [4.78, 5) is 0. The van der Waals surface area contributed by atoms with Crippen LogP contribution in [0.4, 0.5) is 0 Å². The smallest absolute Gasteiger partial charge is 0.0468 e. The molecule has 0 heterocycles. The Morgan fingerprint density at radius 3 is 2.53 bits per heavy atom. The van der Waals surface area contributed by atoms with Crippen molar-refractivity contribution in [2.75, 3.05) is 0 Å². The molecular weight excluding hydrogens is 277 g/mol. The van der Waals surface area contributed by atoms with Gasteiger partial charge < -0.3 is 5.32 Å². The van der Waals surface area contributed by atoms with E-state index in [1.165, 1.54) is 31.2 Å². The second-order valence-electron chi connectivity index (χ2n) is 5.63. The first-order valence-electron chi connectivity index (χ1n) is 7.32. The van der Waals surface area contributed by atoms with Crippen molar-refractivity contribution in [1.82, 2.24) is 5.32 Å². The zero-order valence-corrected chi connectivity index (χ0v) is 13.3. The van der Waals surface area contributed by atoms with Crippen LogP contribution in [0.2, 0.25) is 10.0 Å². The molecule has 1 nitrogen and oxygen atoms in total. The fraction of sp³-hybridized carbons (Fsp3) is 0.625. The van der Waals surface area contributed by atoms with E-state index >= 15 is 0 Å². The molecule has 1 unspecified atom stereocenters. The molecule has 2 rings (SSSR count). The molecule has 3 heteroatoms. The van der Waals surface area contributed by atoms with E-state index in [0.29, 0.717) is 17.1 Å². The summed E-state index contributed by atoms with van der Waals surface area (Å²) in [7, 11) is 0. The van der Waals surface area contributed by atoms with Gasteiger partial charge in [-0.1, -0.05) is 49.0 Å². The standard InChI is InChI=1S/C16H23Cl2N/c1-3-16(14-9-8-13(17)10-15(14)18)19-11(2)12-6-4-5-7-12/h8-12,16,19H,3-7H2,1-2H3/t11-,16?/m0/s1. The predicted octanol–water partition coefficient (Wildman–Crippen LogP) is 5.61. The number of rotatable bonds is 5. The summed E-state index contributed by atoms with van der Waals surface area (Å²) in [6, 6.07) is 6.68. The largest absolute Gasteiger partial charge is 0.307 e. The van der Waals surface area contributed by atoms with E-state index < -0.39 is 0 Å². The first-order chi connectivity index (χ1) is 9.11. The van der Waals surface area contributed by atoms with Crippen LogP contribution in [0.3, 0.4) is 0 Å². The maximum atomic E-state index is 6.32. The number of benzene rings is 1. The Kier molecular flexibility index (Phi) is 5.56. The van der Waals surface area contributed by atoms with Crippen molar-refractivity contribution in [3.05, 3.63) is 33.8 Å². The Labute approximate surface area is 126 Å². The molecular formula is C16H23Cl2N. The van der Waals surface area contributed by atoms with Gasteiger partial charge in [0, 0.05) is 22.1 Å². The van der Waals surface area contributed by atoms with Gasteiger partial charge in [-0.2, -0.15) is 0 Å². The summed E-state index contributed by atoms with van der Waals surface area (Å²) in [6.07, 6.45) is 6.53. The summed E-state index contributed by atoms with van der Waals surface area (Å²) in [5.41, 5.74) is 1.17. The summed E-state index contributed by atoms with van der Waals surface area (Å²) in [6.45, 7) is 4.51. The maximum Gasteiger partial charge on any atom is 0.0468 e. The third-order valence-electron chi connectivity index (χ3n) is 4.32. The molecule has 19 heavy (non-hydrogen) atoms. The number of halogens is 2. The van der Waals surface area contributed by atoms with Crippen LogP contribution in [0.15, 0.2) is 18.2 Å². The number of nitrogens with one attached hydrogen (secondary N) is 1. The van der Waals surface area contributed by atoms with Crippen molar-refractivity contribution in [2.24, 2.45) is 5.92 Å². The number of hydrogen-bond acceptors (Lipinski definition) is 1. The van der Waals surface area contributed by atoms with Crippen LogP contribution in [-0.4, -0.2) is 6.04 Å². The molecule has 1 saturated carbocycles. The second kappa shape index (κ2) is 6.97. The monoisotopic (exact) mass is 299 g/mol. The van der Waals surface area contributed by atoms with Crippen molar-refractivity contribution >= 4 is 23.2 Å². The van der Waals surface area contributed by atoms with Gasteiger partial charge in [-0.3, -0.25) is 0 Å². The minimum atomic E-state index is 0.320. The van der Waals surface area contributed by atoms with Gasteiger partial charge in [-0.25, -0.2) is 0 Å². The lowest BCUT2D eigenvalue weighted by molar-refractivity contribution is 0.339. The highest BCUT2D eigenvalue weighted by molar-refractivity contribution is 6.35. The summed E-state index contributed by atoms with van der Waals surface area (Å²) in [5.74, 6) is 0.820. The van der Waals surface area contributed by atoms with Gasteiger partial charge in [0.25, 0.3) is 0 Å². The fourth-order valence-corrected chi connectivity index (χ4v) is 3.66. The van der Waals surface area contributed by atoms with E-state index in [0.717, 1.165) is 17.4 Å². The fourth-order valence-electron chi connectivity index (χ4n) is 3.12. The van der Waals surface area contributed by atoms with Crippen LogP contribution >= 0.6 is 23.2 Å². The van der Waals surface area contributed by atoms with Crippen LogP contribution < -0.4 is 5.32 Å². The average molecular weight is 300 g/mol. The van der Waals surface area contributed by atoms with Crippen LogP contribution in [0, 0.1) is 5.92 Å². The van der Waals surface area contributed by atoms with Crippen molar-refractivity contribution in [2.45, 2.75) is 58.0 Å². The Morgan fingerprint density at radius 1 is 1.26 bits per heavy atom. The SMILES string of the molecule is CCC(N[C@@H](C)C1CCCC1)c1ccc(Cl)cc1Cl. The van der Waals surface area contributed by atoms with Crippen LogP contribution in [0.25, 0.3) is 0 Å². The van der Waals surface area contributed by atoms with Gasteiger partial charge in [0.1, 0.15) is 0 Å². The molecule has 1 fully saturated rings. The van der Waals surface area contributed by atoms with E-state index in [1.54, 1.807) is 0 Å². The van der Waals surface area contributed by atoms with E-state index in [2.05, 4.69) is 19.2 Å².